The molecule has 0 saturated heterocycles. The molecule has 2 aromatic carbocycles. The lowest BCUT2D eigenvalue weighted by Crippen LogP contribution is -2.20. The Morgan fingerprint density at radius 2 is 1.76 bits per heavy atom. The Bertz CT molecular complexity index is 655. The van der Waals surface area contributed by atoms with E-state index in [0.717, 1.165) is 20.3 Å². The van der Waals surface area contributed by atoms with Crippen molar-refractivity contribution in [1.29, 1.82) is 0 Å². The van der Waals surface area contributed by atoms with E-state index in [0.29, 0.717) is 0 Å². The highest BCUT2D eigenvalue weighted by Gasteiger charge is 2.23. The maximum atomic E-state index is 5.68. The molecular formula is C17H19Br2NO. The molecule has 0 heterocycles. The van der Waals surface area contributed by atoms with Crippen LogP contribution in [0.15, 0.2) is 39.3 Å². The molecule has 2 aromatic rings. The minimum absolute atomic E-state index is 0.0618. The molecule has 0 bridgehead atoms. The van der Waals surface area contributed by atoms with E-state index >= 15 is 0 Å². The first-order valence-electron chi connectivity index (χ1n) is 6.76. The average Bonchev–Trinajstić information content (AvgIpc) is 2.46. The van der Waals surface area contributed by atoms with Crippen LogP contribution < -0.4 is 10.1 Å². The smallest absolute Gasteiger partial charge is 0.127 e. The maximum absolute atomic E-state index is 5.68. The fraction of sp³-hybridized carbons (Fsp3) is 0.294. The minimum Gasteiger partial charge on any atom is -0.496 e. The van der Waals surface area contributed by atoms with Crippen LogP contribution in [-0.2, 0) is 0 Å². The summed E-state index contributed by atoms with van der Waals surface area (Å²) in [4.78, 5) is 0. The van der Waals surface area contributed by atoms with E-state index < -0.39 is 0 Å². The number of rotatable bonds is 4. The molecule has 0 saturated carbocycles. The highest BCUT2D eigenvalue weighted by atomic mass is 79.9. The Kier molecular flexibility index (Phi) is 5.47. The van der Waals surface area contributed by atoms with Gasteiger partial charge in [-0.15, -0.1) is 0 Å². The molecule has 21 heavy (non-hydrogen) atoms. The summed E-state index contributed by atoms with van der Waals surface area (Å²) in [7, 11) is 3.70. The normalized spacial score (nSPS) is 12.3. The highest BCUT2D eigenvalue weighted by molar-refractivity contribution is 9.10. The fourth-order valence-electron chi connectivity index (χ4n) is 2.66. The standard InChI is InChI=1S/C17H19Br2NO/c1-10-9-14(19)11(2)15(17(10)21-4)16(20-3)12-7-5-6-8-13(12)18/h5-9,16,20H,1-4H3. The maximum Gasteiger partial charge on any atom is 0.127 e. The van der Waals surface area contributed by atoms with Crippen LogP contribution in [0.5, 0.6) is 5.75 Å². The van der Waals surface area contributed by atoms with Crippen LogP contribution in [0.4, 0.5) is 0 Å². The molecule has 4 heteroatoms. The Morgan fingerprint density at radius 1 is 1.10 bits per heavy atom. The third-order valence-electron chi connectivity index (χ3n) is 3.71. The van der Waals surface area contributed by atoms with Crippen molar-refractivity contribution >= 4 is 31.9 Å². The number of hydrogen-bond donors (Lipinski definition) is 1. The largest absolute Gasteiger partial charge is 0.496 e. The summed E-state index contributed by atoms with van der Waals surface area (Å²) in [6, 6.07) is 10.4. The predicted octanol–water partition coefficient (Wildman–Crippen LogP) is 5.15. The lowest BCUT2D eigenvalue weighted by molar-refractivity contribution is 0.401. The Morgan fingerprint density at radius 3 is 2.33 bits per heavy atom. The zero-order chi connectivity index (χ0) is 15.6. The molecule has 0 aliphatic heterocycles. The SMILES string of the molecule is CNC(c1ccccc1Br)c1c(C)c(Br)cc(C)c1OC. The van der Waals surface area contributed by atoms with Crippen molar-refractivity contribution in [3.63, 3.8) is 0 Å². The lowest BCUT2D eigenvalue weighted by Gasteiger charge is -2.25. The van der Waals surface area contributed by atoms with Gasteiger partial charge in [-0.1, -0.05) is 50.1 Å². The number of hydrogen-bond acceptors (Lipinski definition) is 2. The van der Waals surface area contributed by atoms with Gasteiger partial charge in [-0.2, -0.15) is 0 Å². The number of methoxy groups -OCH3 is 1. The second-order valence-corrected chi connectivity index (χ2v) is 6.70. The van der Waals surface area contributed by atoms with Crippen molar-refractivity contribution < 1.29 is 4.74 Å². The van der Waals surface area contributed by atoms with E-state index in [4.69, 9.17) is 4.74 Å². The first-order chi connectivity index (χ1) is 10.0. The Hall–Kier alpha value is -0.840. The summed E-state index contributed by atoms with van der Waals surface area (Å²) < 4.78 is 7.87. The van der Waals surface area contributed by atoms with Gasteiger partial charge in [0.15, 0.2) is 0 Å². The summed E-state index contributed by atoms with van der Waals surface area (Å²) >= 11 is 7.30. The van der Waals surface area contributed by atoms with Gasteiger partial charge >= 0.3 is 0 Å². The monoisotopic (exact) mass is 411 g/mol. The van der Waals surface area contributed by atoms with Crippen LogP contribution in [0.3, 0.4) is 0 Å². The molecule has 1 N–H and O–H groups in total. The summed E-state index contributed by atoms with van der Waals surface area (Å²) in [6.45, 7) is 4.18. The number of aryl methyl sites for hydroxylation is 1. The van der Waals surface area contributed by atoms with E-state index in [9.17, 15) is 0 Å². The van der Waals surface area contributed by atoms with Gasteiger partial charge in [0.25, 0.3) is 0 Å². The quantitative estimate of drug-likeness (QED) is 0.749. The van der Waals surface area contributed by atoms with Gasteiger partial charge in [0, 0.05) is 14.5 Å². The lowest BCUT2D eigenvalue weighted by atomic mass is 9.92. The molecule has 0 fully saturated rings. The van der Waals surface area contributed by atoms with Crippen molar-refractivity contribution in [1.82, 2.24) is 5.32 Å². The molecule has 0 radical (unpaired) electrons. The van der Waals surface area contributed by atoms with Gasteiger partial charge in [0.05, 0.1) is 13.2 Å². The summed E-state index contributed by atoms with van der Waals surface area (Å²) in [5, 5.41) is 3.41. The molecule has 0 amide bonds. The second kappa shape index (κ2) is 6.95. The topological polar surface area (TPSA) is 21.3 Å². The Labute approximate surface area is 143 Å². The van der Waals surface area contributed by atoms with Crippen LogP contribution in [0.2, 0.25) is 0 Å². The molecule has 112 valence electrons. The summed E-state index contributed by atoms with van der Waals surface area (Å²) in [5.41, 5.74) is 4.67. The number of ether oxygens (including phenoxy) is 1. The molecule has 0 spiro atoms. The number of nitrogens with one attached hydrogen (secondary N) is 1. The van der Waals surface area contributed by atoms with E-state index in [1.807, 2.05) is 13.1 Å². The minimum atomic E-state index is 0.0618. The fourth-order valence-corrected chi connectivity index (χ4v) is 3.73. The van der Waals surface area contributed by atoms with Crippen molar-refractivity contribution in [3.8, 4) is 5.75 Å². The third-order valence-corrected chi connectivity index (χ3v) is 5.25. The molecule has 2 nitrogen and oxygen atoms in total. The molecule has 0 aliphatic rings. The van der Waals surface area contributed by atoms with Crippen LogP contribution >= 0.6 is 31.9 Å². The summed E-state index contributed by atoms with van der Waals surface area (Å²) in [6.07, 6.45) is 0. The van der Waals surface area contributed by atoms with Crippen LogP contribution in [0.25, 0.3) is 0 Å². The molecule has 0 aliphatic carbocycles. The van der Waals surface area contributed by atoms with Gasteiger partial charge < -0.3 is 10.1 Å². The number of halogens is 2. The first-order valence-corrected chi connectivity index (χ1v) is 8.35. The van der Waals surface area contributed by atoms with Crippen molar-refractivity contribution in [3.05, 3.63) is 61.5 Å². The third kappa shape index (κ3) is 3.17. The van der Waals surface area contributed by atoms with Gasteiger partial charge in [0.1, 0.15) is 5.75 Å². The second-order valence-electron chi connectivity index (χ2n) is 4.99. The van der Waals surface area contributed by atoms with E-state index in [2.05, 4.69) is 75.3 Å². The first kappa shape index (κ1) is 16.5. The van der Waals surface area contributed by atoms with E-state index in [1.165, 1.54) is 16.7 Å². The molecule has 2 rings (SSSR count). The van der Waals surface area contributed by atoms with Crippen molar-refractivity contribution in [2.24, 2.45) is 0 Å². The molecule has 1 atom stereocenters. The van der Waals surface area contributed by atoms with Gasteiger partial charge in [-0.25, -0.2) is 0 Å². The molecule has 1 unspecified atom stereocenters. The zero-order valence-electron chi connectivity index (χ0n) is 12.6. The van der Waals surface area contributed by atoms with Gasteiger partial charge in [-0.3, -0.25) is 0 Å². The van der Waals surface area contributed by atoms with Gasteiger partial charge in [0.2, 0.25) is 0 Å². The Balaban J connectivity index is 2.71. The van der Waals surface area contributed by atoms with Gasteiger partial charge in [-0.05, 0) is 49.7 Å². The van der Waals surface area contributed by atoms with Crippen molar-refractivity contribution in [2.45, 2.75) is 19.9 Å². The van der Waals surface area contributed by atoms with E-state index in [-0.39, 0.29) is 6.04 Å². The van der Waals surface area contributed by atoms with Crippen LogP contribution in [-0.4, -0.2) is 14.2 Å². The van der Waals surface area contributed by atoms with Crippen molar-refractivity contribution in [2.75, 3.05) is 14.2 Å². The van der Waals surface area contributed by atoms with E-state index in [1.54, 1.807) is 7.11 Å². The summed E-state index contributed by atoms with van der Waals surface area (Å²) in [5.74, 6) is 0.936. The number of benzene rings is 2. The van der Waals surface area contributed by atoms with Crippen LogP contribution in [0, 0.1) is 13.8 Å². The predicted molar refractivity (Wildman–Crippen MR) is 95.2 cm³/mol. The zero-order valence-corrected chi connectivity index (χ0v) is 15.8. The highest BCUT2D eigenvalue weighted by Crippen LogP contribution is 2.40. The average molecular weight is 413 g/mol. The molecule has 0 aromatic heterocycles. The van der Waals surface area contributed by atoms with Crippen LogP contribution in [0.1, 0.15) is 28.3 Å². The molecular weight excluding hydrogens is 394 g/mol.